The maximum absolute atomic E-state index is 11.8. The molecule has 0 spiro atoms. The van der Waals surface area contributed by atoms with Gasteiger partial charge in [0, 0.05) is 26.7 Å². The molecule has 0 bridgehead atoms. The smallest absolute Gasteiger partial charge is 0.281 e. The summed E-state index contributed by atoms with van der Waals surface area (Å²) in [6.45, 7) is 8.49. The van der Waals surface area contributed by atoms with E-state index in [9.17, 15) is 13.0 Å². The quantitative estimate of drug-likeness (QED) is 0.277. The molecule has 4 heterocycles. The van der Waals surface area contributed by atoms with Crippen LogP contribution in [-0.4, -0.2) is 27.7 Å². The summed E-state index contributed by atoms with van der Waals surface area (Å²) >= 11 is 2.79. The molecule has 0 saturated heterocycles. The van der Waals surface area contributed by atoms with E-state index in [2.05, 4.69) is 30.1 Å². The van der Waals surface area contributed by atoms with Crippen LogP contribution in [0.2, 0.25) is 0 Å². The van der Waals surface area contributed by atoms with E-state index in [4.69, 9.17) is 5.10 Å². The Balaban J connectivity index is 1.55. The molecular weight excluding hydrogens is 486 g/mol. The molecule has 0 radical (unpaired) electrons. The predicted octanol–water partition coefficient (Wildman–Crippen LogP) is 6.42. The van der Waals surface area contributed by atoms with Gasteiger partial charge in [0.1, 0.15) is 5.69 Å². The van der Waals surface area contributed by atoms with Crippen molar-refractivity contribution in [2.24, 2.45) is 0 Å². The van der Waals surface area contributed by atoms with Crippen LogP contribution >= 0.6 is 22.7 Å². The van der Waals surface area contributed by atoms with Crippen molar-refractivity contribution in [1.82, 2.24) is 14.8 Å². The van der Waals surface area contributed by atoms with E-state index in [1.54, 1.807) is 17.4 Å². The first-order chi connectivity index (χ1) is 16.1. The fourth-order valence-corrected chi connectivity index (χ4v) is 7.12. The molecule has 34 heavy (non-hydrogen) atoms. The Hall–Kier alpha value is -2.85. The van der Waals surface area contributed by atoms with Gasteiger partial charge in [-0.25, -0.2) is 0 Å². The summed E-state index contributed by atoms with van der Waals surface area (Å²) in [6.07, 6.45) is 0. The van der Waals surface area contributed by atoms with Crippen molar-refractivity contribution < 1.29 is 13.0 Å². The van der Waals surface area contributed by atoms with Crippen LogP contribution in [0, 0.1) is 27.7 Å². The molecule has 0 atom stereocenters. The zero-order valence-electron chi connectivity index (χ0n) is 19.2. The molecule has 4 aromatic heterocycles. The highest BCUT2D eigenvalue weighted by molar-refractivity contribution is 7.88. The molecule has 0 saturated carbocycles. The Morgan fingerprint density at radius 1 is 0.941 bits per heavy atom. The number of pyridine rings is 1. The molecule has 9 heteroatoms. The standard InChI is InChI=1S/C25H23N3O3S3/c1-14-11-21-23(17(4)26-14)24(22-10-5-15(2)32-22)27-28(21)13-18-6-8-19(9-7-18)20-12-16(3)33-25(20)34(29,30)31/h5-12H,13H2,1-4H3,(H,29,30,31). The van der Waals surface area contributed by atoms with Crippen molar-refractivity contribution in [3.05, 3.63) is 75.2 Å². The average molecular weight is 510 g/mol. The van der Waals surface area contributed by atoms with Crippen molar-refractivity contribution in [3.8, 4) is 21.7 Å². The number of rotatable bonds is 5. The summed E-state index contributed by atoms with van der Waals surface area (Å²) in [4.78, 5) is 7.85. The van der Waals surface area contributed by atoms with Crippen LogP contribution in [0.3, 0.4) is 0 Å². The molecule has 0 aliphatic carbocycles. The Morgan fingerprint density at radius 2 is 1.68 bits per heavy atom. The van der Waals surface area contributed by atoms with Gasteiger partial charge in [-0.3, -0.25) is 14.2 Å². The lowest BCUT2D eigenvalue weighted by molar-refractivity contribution is 0.486. The minimum Gasteiger partial charge on any atom is -0.281 e. The molecule has 1 aromatic carbocycles. The lowest BCUT2D eigenvalue weighted by Crippen LogP contribution is -2.02. The second kappa shape index (κ2) is 8.42. The van der Waals surface area contributed by atoms with Gasteiger partial charge in [0.05, 0.1) is 22.3 Å². The third-order valence-electron chi connectivity index (χ3n) is 5.67. The zero-order valence-corrected chi connectivity index (χ0v) is 21.6. The fourth-order valence-electron chi connectivity index (χ4n) is 4.23. The van der Waals surface area contributed by atoms with Crippen LogP contribution < -0.4 is 0 Å². The van der Waals surface area contributed by atoms with E-state index in [-0.39, 0.29) is 4.21 Å². The highest BCUT2D eigenvalue weighted by Gasteiger charge is 2.21. The highest BCUT2D eigenvalue weighted by atomic mass is 32.3. The number of thiophene rings is 2. The molecule has 0 unspecified atom stereocenters. The number of fused-ring (bicyclic) bond motifs is 1. The minimum atomic E-state index is -4.27. The van der Waals surface area contributed by atoms with Gasteiger partial charge in [-0.1, -0.05) is 24.3 Å². The zero-order chi connectivity index (χ0) is 24.2. The van der Waals surface area contributed by atoms with Gasteiger partial charge < -0.3 is 0 Å². The SMILES string of the molecule is Cc1cc2c(c(C)n1)c(-c1ccc(C)s1)nn2Cc1ccc(-c2cc(C)sc2S(=O)(=O)O)cc1. The summed E-state index contributed by atoms with van der Waals surface area (Å²) in [7, 11) is -4.27. The molecule has 0 fully saturated rings. The van der Waals surface area contributed by atoms with E-state index < -0.39 is 10.1 Å². The van der Waals surface area contributed by atoms with Crippen LogP contribution in [0.5, 0.6) is 0 Å². The maximum Gasteiger partial charge on any atom is 0.304 e. The normalized spacial score (nSPS) is 12.0. The van der Waals surface area contributed by atoms with Crippen LogP contribution in [0.4, 0.5) is 0 Å². The molecular formula is C25H23N3O3S3. The Morgan fingerprint density at radius 3 is 2.32 bits per heavy atom. The number of aryl methyl sites for hydroxylation is 4. The van der Waals surface area contributed by atoms with E-state index in [0.29, 0.717) is 12.1 Å². The monoisotopic (exact) mass is 509 g/mol. The van der Waals surface area contributed by atoms with E-state index >= 15 is 0 Å². The molecule has 5 aromatic rings. The van der Waals surface area contributed by atoms with Crippen molar-refractivity contribution in [2.75, 3.05) is 0 Å². The average Bonchev–Trinajstić information content (AvgIpc) is 3.46. The van der Waals surface area contributed by atoms with Crippen molar-refractivity contribution in [2.45, 2.75) is 38.4 Å². The van der Waals surface area contributed by atoms with Crippen LogP contribution in [0.15, 0.2) is 52.7 Å². The Kier molecular flexibility index (Phi) is 5.68. The number of hydrogen-bond donors (Lipinski definition) is 1. The Bertz CT molecular complexity index is 1640. The first kappa shape index (κ1) is 22.9. The van der Waals surface area contributed by atoms with Gasteiger partial charge in [-0.05, 0) is 63.1 Å². The van der Waals surface area contributed by atoms with Crippen molar-refractivity contribution in [1.29, 1.82) is 0 Å². The molecule has 0 amide bonds. The van der Waals surface area contributed by atoms with E-state index in [1.807, 2.05) is 49.7 Å². The molecule has 1 N–H and O–H groups in total. The lowest BCUT2D eigenvalue weighted by Gasteiger charge is -2.07. The van der Waals surface area contributed by atoms with Gasteiger partial charge in [-0.15, -0.1) is 22.7 Å². The summed E-state index contributed by atoms with van der Waals surface area (Å²) in [5.41, 5.74) is 6.20. The van der Waals surface area contributed by atoms with Gasteiger partial charge in [-0.2, -0.15) is 13.5 Å². The topological polar surface area (TPSA) is 85.1 Å². The van der Waals surface area contributed by atoms with Gasteiger partial charge in [0.2, 0.25) is 0 Å². The third kappa shape index (κ3) is 4.20. The summed E-state index contributed by atoms with van der Waals surface area (Å²) in [6, 6.07) is 15.8. The van der Waals surface area contributed by atoms with Crippen molar-refractivity contribution >= 4 is 43.7 Å². The third-order valence-corrected chi connectivity index (χ3v) is 9.09. The van der Waals surface area contributed by atoms with E-state index in [0.717, 1.165) is 60.2 Å². The molecule has 0 aliphatic heterocycles. The first-order valence-electron chi connectivity index (χ1n) is 10.7. The van der Waals surface area contributed by atoms with Crippen molar-refractivity contribution in [3.63, 3.8) is 0 Å². The van der Waals surface area contributed by atoms with Crippen LogP contribution in [0.1, 0.15) is 26.7 Å². The largest absolute Gasteiger partial charge is 0.304 e. The lowest BCUT2D eigenvalue weighted by atomic mass is 10.1. The fraction of sp³-hybridized carbons (Fsp3) is 0.200. The van der Waals surface area contributed by atoms with Gasteiger partial charge in [0.25, 0.3) is 0 Å². The second-order valence-corrected chi connectivity index (χ2v) is 12.6. The summed E-state index contributed by atoms with van der Waals surface area (Å²) in [5.74, 6) is 0. The second-order valence-electron chi connectivity index (χ2n) is 8.39. The van der Waals surface area contributed by atoms with Gasteiger partial charge >= 0.3 is 10.1 Å². The molecule has 6 nitrogen and oxygen atoms in total. The maximum atomic E-state index is 11.8. The minimum absolute atomic E-state index is 0.0230. The summed E-state index contributed by atoms with van der Waals surface area (Å²) < 4.78 is 35.2. The van der Waals surface area contributed by atoms with Crippen LogP contribution in [0.25, 0.3) is 32.6 Å². The molecule has 0 aliphatic rings. The first-order valence-corrected chi connectivity index (χ1v) is 13.8. The predicted molar refractivity (Wildman–Crippen MR) is 138 cm³/mol. The van der Waals surface area contributed by atoms with Crippen LogP contribution in [-0.2, 0) is 16.7 Å². The molecule has 174 valence electrons. The number of hydrogen-bond acceptors (Lipinski definition) is 6. The number of nitrogens with zero attached hydrogens (tertiary/aromatic N) is 3. The van der Waals surface area contributed by atoms with Gasteiger partial charge in [0.15, 0.2) is 4.21 Å². The summed E-state index contributed by atoms with van der Waals surface area (Å²) in [5, 5.41) is 6.04. The number of aromatic nitrogens is 3. The van der Waals surface area contributed by atoms with E-state index in [1.165, 1.54) is 4.88 Å². The highest BCUT2D eigenvalue weighted by Crippen LogP contribution is 2.36. The Labute approximate surface area is 206 Å². The number of benzene rings is 1. The molecule has 5 rings (SSSR count).